The summed E-state index contributed by atoms with van der Waals surface area (Å²) in [6.07, 6.45) is 1.57. The minimum atomic E-state index is -0.813. The smallest absolute Gasteiger partial charge is 0.317 e. The molecule has 1 aliphatic heterocycles. The van der Waals surface area contributed by atoms with Crippen molar-refractivity contribution in [3.05, 3.63) is 34.3 Å². The zero-order valence-electron chi connectivity index (χ0n) is 13.0. The fourth-order valence-electron chi connectivity index (χ4n) is 3.42. The largest absolute Gasteiger partial charge is 0.481 e. The molecule has 0 radical (unpaired) electrons. The molecular formula is C17H21BrN2O3. The first-order chi connectivity index (χ1) is 11.0. The lowest BCUT2D eigenvalue weighted by molar-refractivity contribution is -0.143. The quantitative estimate of drug-likeness (QED) is 0.846. The molecule has 1 saturated carbocycles. The summed E-state index contributed by atoms with van der Waals surface area (Å²) in [6.45, 7) is 2.93. The van der Waals surface area contributed by atoms with Crippen molar-refractivity contribution in [3.8, 4) is 0 Å². The van der Waals surface area contributed by atoms with Crippen LogP contribution in [0.2, 0.25) is 0 Å². The Morgan fingerprint density at radius 2 is 2.00 bits per heavy atom. The Hall–Kier alpha value is -1.56. The highest BCUT2D eigenvalue weighted by Gasteiger charge is 2.42. The summed E-state index contributed by atoms with van der Waals surface area (Å²) in [5, 5.41) is 12.3. The molecule has 2 aliphatic rings. The first kappa shape index (κ1) is 16.3. The maximum absolute atomic E-state index is 12.4. The van der Waals surface area contributed by atoms with E-state index in [1.165, 1.54) is 5.56 Å². The molecule has 1 aliphatic carbocycles. The van der Waals surface area contributed by atoms with Gasteiger partial charge >= 0.3 is 12.0 Å². The second-order valence-electron chi connectivity index (χ2n) is 6.70. The van der Waals surface area contributed by atoms with E-state index in [1.807, 2.05) is 25.1 Å². The molecule has 1 aromatic rings. The molecule has 1 aromatic carbocycles. The second-order valence-corrected chi connectivity index (χ2v) is 7.56. The normalized spacial score (nSPS) is 29.9. The monoisotopic (exact) mass is 380 g/mol. The molecule has 3 rings (SSSR count). The van der Waals surface area contributed by atoms with Crippen LogP contribution in [0.25, 0.3) is 0 Å². The number of halogens is 1. The van der Waals surface area contributed by atoms with E-state index in [1.54, 1.807) is 4.90 Å². The molecule has 1 heterocycles. The molecule has 2 amide bonds. The van der Waals surface area contributed by atoms with Gasteiger partial charge in [0.1, 0.15) is 0 Å². The lowest BCUT2D eigenvalue weighted by Crippen LogP contribution is -2.50. The van der Waals surface area contributed by atoms with Gasteiger partial charge in [0.25, 0.3) is 0 Å². The summed E-state index contributed by atoms with van der Waals surface area (Å²) < 4.78 is 1.07. The first-order valence-electron chi connectivity index (χ1n) is 7.98. The van der Waals surface area contributed by atoms with Crippen LogP contribution < -0.4 is 5.32 Å². The van der Waals surface area contributed by atoms with Crippen molar-refractivity contribution in [3.63, 3.8) is 0 Å². The number of rotatable bonds is 3. The first-order valence-corrected chi connectivity index (χ1v) is 8.77. The van der Waals surface area contributed by atoms with Gasteiger partial charge in [0.05, 0.1) is 5.92 Å². The number of amides is 2. The van der Waals surface area contributed by atoms with Gasteiger partial charge in [-0.05, 0) is 30.4 Å². The lowest BCUT2D eigenvalue weighted by atomic mass is 9.91. The van der Waals surface area contributed by atoms with E-state index in [0.717, 1.165) is 10.9 Å². The Labute approximate surface area is 144 Å². The van der Waals surface area contributed by atoms with Crippen molar-refractivity contribution < 1.29 is 14.7 Å². The fraction of sp³-hybridized carbons (Fsp3) is 0.529. The van der Waals surface area contributed by atoms with Gasteiger partial charge in [-0.3, -0.25) is 4.79 Å². The second kappa shape index (κ2) is 6.51. The summed E-state index contributed by atoms with van der Waals surface area (Å²) in [4.78, 5) is 25.3. The van der Waals surface area contributed by atoms with Crippen LogP contribution in [-0.4, -0.2) is 41.1 Å². The standard InChI is InChI=1S/C17H21BrN2O3/c1-10-6-11(16(21)22)9-20(8-10)17(23)19-15-7-13(15)12-4-2-3-5-14(12)18/h2-5,10-11,13,15H,6-9H2,1H3,(H,19,23)(H,21,22)/t10?,11?,13-,15+/m0/s1. The van der Waals surface area contributed by atoms with E-state index in [0.29, 0.717) is 25.4 Å². The van der Waals surface area contributed by atoms with Gasteiger partial charge in [-0.2, -0.15) is 0 Å². The van der Waals surface area contributed by atoms with Crippen LogP contribution in [0.1, 0.15) is 31.2 Å². The number of benzene rings is 1. The summed E-state index contributed by atoms with van der Waals surface area (Å²) >= 11 is 3.55. The zero-order chi connectivity index (χ0) is 16.6. The third-order valence-corrected chi connectivity index (χ3v) is 5.42. The lowest BCUT2D eigenvalue weighted by Gasteiger charge is -2.34. The minimum absolute atomic E-state index is 0.137. The van der Waals surface area contributed by atoms with Crippen molar-refractivity contribution in [1.29, 1.82) is 0 Å². The van der Waals surface area contributed by atoms with Gasteiger partial charge in [0.15, 0.2) is 0 Å². The number of carbonyl (C=O) groups is 2. The van der Waals surface area contributed by atoms with Crippen LogP contribution in [0.3, 0.4) is 0 Å². The molecule has 1 saturated heterocycles. The predicted molar refractivity (Wildman–Crippen MR) is 90.3 cm³/mol. The Bertz CT molecular complexity index is 622. The third-order valence-electron chi connectivity index (χ3n) is 4.70. The number of aliphatic carboxylic acids is 1. The van der Waals surface area contributed by atoms with Crippen LogP contribution in [0.4, 0.5) is 4.79 Å². The molecule has 124 valence electrons. The topological polar surface area (TPSA) is 69.6 Å². The Balaban J connectivity index is 1.58. The van der Waals surface area contributed by atoms with Gasteiger partial charge in [0, 0.05) is 29.5 Å². The van der Waals surface area contributed by atoms with E-state index < -0.39 is 11.9 Å². The number of nitrogens with zero attached hydrogens (tertiary/aromatic N) is 1. The number of carboxylic acid groups (broad SMARTS) is 1. The number of carbonyl (C=O) groups excluding carboxylic acids is 1. The minimum Gasteiger partial charge on any atom is -0.481 e. The van der Waals surface area contributed by atoms with Crippen LogP contribution in [0, 0.1) is 11.8 Å². The molecular weight excluding hydrogens is 360 g/mol. The van der Waals surface area contributed by atoms with Gasteiger partial charge in [-0.15, -0.1) is 0 Å². The zero-order valence-corrected chi connectivity index (χ0v) is 14.6. The van der Waals surface area contributed by atoms with Crippen LogP contribution in [0.15, 0.2) is 28.7 Å². The van der Waals surface area contributed by atoms with Gasteiger partial charge in [0.2, 0.25) is 0 Å². The fourth-order valence-corrected chi connectivity index (χ4v) is 4.00. The number of piperidine rings is 1. The van der Waals surface area contributed by atoms with E-state index in [4.69, 9.17) is 0 Å². The number of hydrogen-bond acceptors (Lipinski definition) is 2. The van der Waals surface area contributed by atoms with E-state index in [-0.39, 0.29) is 18.0 Å². The van der Waals surface area contributed by atoms with E-state index in [2.05, 4.69) is 27.3 Å². The molecule has 2 unspecified atom stereocenters. The summed E-state index contributed by atoms with van der Waals surface area (Å²) in [7, 11) is 0. The molecule has 0 spiro atoms. The SMILES string of the molecule is CC1CC(C(=O)O)CN(C(=O)N[C@@H]2C[C@H]2c2ccccc2Br)C1. The predicted octanol–water partition coefficient (Wildman–Crippen LogP) is 3.06. The molecule has 4 atom stereocenters. The highest BCUT2D eigenvalue weighted by molar-refractivity contribution is 9.10. The maximum atomic E-state index is 12.4. The van der Waals surface area contributed by atoms with Crippen LogP contribution >= 0.6 is 15.9 Å². The summed E-state index contributed by atoms with van der Waals surface area (Å²) in [6, 6.07) is 8.07. The van der Waals surface area contributed by atoms with Crippen molar-refractivity contribution in [1.82, 2.24) is 10.2 Å². The Morgan fingerprint density at radius 1 is 1.26 bits per heavy atom. The van der Waals surface area contributed by atoms with Crippen molar-refractivity contribution in [2.75, 3.05) is 13.1 Å². The number of likely N-dealkylation sites (tertiary alicyclic amines) is 1. The molecule has 2 fully saturated rings. The third kappa shape index (κ3) is 3.68. The van der Waals surface area contributed by atoms with Crippen molar-refractivity contribution >= 4 is 27.9 Å². The Kier molecular flexibility index (Phi) is 4.62. The Morgan fingerprint density at radius 3 is 2.70 bits per heavy atom. The molecule has 2 N–H and O–H groups in total. The highest BCUT2D eigenvalue weighted by atomic mass is 79.9. The molecule has 6 heteroatoms. The number of hydrogen-bond donors (Lipinski definition) is 2. The van der Waals surface area contributed by atoms with E-state index >= 15 is 0 Å². The van der Waals surface area contributed by atoms with Crippen LogP contribution in [0.5, 0.6) is 0 Å². The molecule has 5 nitrogen and oxygen atoms in total. The number of carboxylic acids is 1. The van der Waals surface area contributed by atoms with E-state index in [9.17, 15) is 14.7 Å². The van der Waals surface area contributed by atoms with Gasteiger partial charge in [-0.1, -0.05) is 41.1 Å². The molecule has 0 aromatic heterocycles. The summed E-state index contributed by atoms with van der Waals surface area (Å²) in [5.41, 5.74) is 1.22. The average molecular weight is 381 g/mol. The van der Waals surface area contributed by atoms with Crippen molar-refractivity contribution in [2.45, 2.75) is 31.7 Å². The van der Waals surface area contributed by atoms with Gasteiger partial charge in [-0.25, -0.2) is 4.79 Å². The van der Waals surface area contributed by atoms with Crippen molar-refractivity contribution in [2.24, 2.45) is 11.8 Å². The average Bonchev–Trinajstić information content (AvgIpc) is 3.26. The molecule has 23 heavy (non-hydrogen) atoms. The summed E-state index contributed by atoms with van der Waals surface area (Å²) in [5.74, 6) is -0.712. The number of urea groups is 1. The van der Waals surface area contributed by atoms with Gasteiger partial charge < -0.3 is 15.3 Å². The number of nitrogens with one attached hydrogen (secondary N) is 1. The maximum Gasteiger partial charge on any atom is 0.317 e. The molecule has 0 bridgehead atoms. The highest BCUT2D eigenvalue weighted by Crippen LogP contribution is 2.43. The van der Waals surface area contributed by atoms with Crippen LogP contribution in [-0.2, 0) is 4.79 Å².